The number of piperidine rings is 3. The Morgan fingerprint density at radius 1 is 0.960 bits per heavy atom. The van der Waals surface area contributed by atoms with Crippen molar-refractivity contribution in [1.82, 2.24) is 0 Å². The summed E-state index contributed by atoms with van der Waals surface area (Å²) in [6.45, 7) is 4.06. The minimum absolute atomic E-state index is 0.0731. The fourth-order valence-corrected chi connectivity index (χ4v) is 6.07. The van der Waals surface area contributed by atoms with Gasteiger partial charge >= 0.3 is 0 Å². The summed E-state index contributed by atoms with van der Waals surface area (Å²) >= 11 is 0. The van der Waals surface area contributed by atoms with Crippen molar-refractivity contribution in [3.8, 4) is 0 Å². The summed E-state index contributed by atoms with van der Waals surface area (Å²) in [6.07, 6.45) is 10.6. The van der Waals surface area contributed by atoms with Crippen LogP contribution in [0.5, 0.6) is 0 Å². The molecular formula is C21H30FN2O+. The first-order valence-electron chi connectivity index (χ1n) is 10.0. The average molecular weight is 345 g/mol. The van der Waals surface area contributed by atoms with Crippen LogP contribution in [0.1, 0.15) is 58.3 Å². The normalized spacial score (nSPS) is 34.7. The second-order valence-electron chi connectivity index (χ2n) is 8.32. The lowest BCUT2D eigenvalue weighted by Crippen LogP contribution is -2.69. The van der Waals surface area contributed by atoms with Crippen molar-refractivity contribution in [3.05, 3.63) is 30.1 Å². The first-order chi connectivity index (χ1) is 12.1. The van der Waals surface area contributed by atoms with E-state index in [1.165, 1.54) is 68.2 Å². The maximum absolute atomic E-state index is 13.3. The molecule has 4 rings (SSSR count). The largest absolute Gasteiger partial charge is 0.319 e. The Labute approximate surface area is 150 Å². The molecule has 3 nitrogen and oxygen atoms in total. The standard InChI is InChI=1S/C21H30FN2O/c1-16(25)23(18-10-8-17(22)9-11-18)19-12-14-24(15-13-19)20-4-2-5-21(24)7-3-6-20/h8-11,19-21H,2-7,12-15H2,1H3/q+1. The van der Waals surface area contributed by atoms with Crippen LogP contribution in [-0.4, -0.2) is 41.6 Å². The lowest BCUT2D eigenvalue weighted by Gasteiger charge is -2.59. The summed E-state index contributed by atoms with van der Waals surface area (Å²) in [5.74, 6) is -0.176. The van der Waals surface area contributed by atoms with E-state index in [-0.39, 0.29) is 17.8 Å². The molecule has 1 spiro atoms. The molecule has 136 valence electrons. The number of nitrogens with zero attached hydrogens (tertiary/aromatic N) is 2. The van der Waals surface area contributed by atoms with Crippen molar-refractivity contribution < 1.29 is 13.7 Å². The summed E-state index contributed by atoms with van der Waals surface area (Å²) < 4.78 is 14.6. The SMILES string of the molecule is CC(=O)N(c1ccc(F)cc1)C1CC[N+]2(CC1)C1CCCC2CCC1. The molecule has 25 heavy (non-hydrogen) atoms. The predicted molar refractivity (Wildman–Crippen MR) is 97.9 cm³/mol. The molecule has 0 radical (unpaired) electrons. The molecule has 3 saturated heterocycles. The van der Waals surface area contributed by atoms with Crippen LogP contribution in [-0.2, 0) is 4.79 Å². The number of carbonyl (C=O) groups excluding carboxylic acids is 1. The van der Waals surface area contributed by atoms with Crippen LogP contribution in [0.4, 0.5) is 10.1 Å². The lowest BCUT2D eigenvalue weighted by atomic mass is 9.78. The number of benzene rings is 1. The van der Waals surface area contributed by atoms with E-state index < -0.39 is 0 Å². The van der Waals surface area contributed by atoms with Crippen molar-refractivity contribution in [2.24, 2.45) is 0 Å². The van der Waals surface area contributed by atoms with Crippen LogP contribution in [0, 0.1) is 5.82 Å². The average Bonchev–Trinajstić information content (AvgIpc) is 2.58. The van der Waals surface area contributed by atoms with E-state index in [0.717, 1.165) is 30.6 Å². The van der Waals surface area contributed by atoms with Crippen molar-refractivity contribution in [1.29, 1.82) is 0 Å². The zero-order valence-electron chi connectivity index (χ0n) is 15.3. The lowest BCUT2D eigenvalue weighted by molar-refractivity contribution is -0.987. The van der Waals surface area contributed by atoms with Gasteiger partial charge in [-0.2, -0.15) is 0 Å². The monoisotopic (exact) mass is 345 g/mol. The van der Waals surface area contributed by atoms with Crippen LogP contribution in [0.15, 0.2) is 24.3 Å². The van der Waals surface area contributed by atoms with E-state index in [0.29, 0.717) is 0 Å². The molecule has 4 heteroatoms. The fraction of sp³-hybridized carbons (Fsp3) is 0.667. The molecule has 0 atom stereocenters. The van der Waals surface area contributed by atoms with Crippen molar-refractivity contribution >= 4 is 11.6 Å². The topological polar surface area (TPSA) is 20.3 Å². The Morgan fingerprint density at radius 2 is 1.48 bits per heavy atom. The van der Waals surface area contributed by atoms with Gasteiger partial charge in [-0.15, -0.1) is 0 Å². The highest BCUT2D eigenvalue weighted by Crippen LogP contribution is 2.43. The zero-order chi connectivity index (χ0) is 17.4. The molecule has 1 aromatic rings. The summed E-state index contributed by atoms with van der Waals surface area (Å²) in [7, 11) is 0. The third-order valence-electron chi connectivity index (χ3n) is 7.17. The quantitative estimate of drug-likeness (QED) is 0.733. The van der Waals surface area contributed by atoms with E-state index in [4.69, 9.17) is 0 Å². The number of carbonyl (C=O) groups is 1. The molecule has 3 aliphatic heterocycles. The predicted octanol–water partition coefficient (Wildman–Crippen LogP) is 4.26. The van der Waals surface area contributed by atoms with Gasteiger partial charge in [-0.1, -0.05) is 0 Å². The van der Waals surface area contributed by atoms with Crippen LogP contribution in [0.3, 0.4) is 0 Å². The summed E-state index contributed by atoms with van der Waals surface area (Å²) in [5, 5.41) is 0. The number of rotatable bonds is 2. The van der Waals surface area contributed by atoms with Gasteiger partial charge in [0.05, 0.1) is 25.2 Å². The maximum Gasteiger partial charge on any atom is 0.224 e. The van der Waals surface area contributed by atoms with Gasteiger partial charge in [-0.25, -0.2) is 4.39 Å². The summed E-state index contributed by atoms with van der Waals surface area (Å²) in [5.41, 5.74) is 0.839. The molecule has 0 saturated carbocycles. The highest BCUT2D eigenvalue weighted by molar-refractivity contribution is 5.92. The van der Waals surface area contributed by atoms with Crippen LogP contribution in [0.2, 0.25) is 0 Å². The Bertz CT molecular complexity index is 597. The maximum atomic E-state index is 13.3. The summed E-state index contributed by atoms with van der Waals surface area (Å²) in [4.78, 5) is 14.2. The van der Waals surface area contributed by atoms with Crippen LogP contribution >= 0.6 is 0 Å². The van der Waals surface area contributed by atoms with Gasteiger partial charge in [0.1, 0.15) is 5.82 Å². The van der Waals surface area contributed by atoms with E-state index in [1.807, 2.05) is 4.90 Å². The van der Waals surface area contributed by atoms with Gasteiger partial charge in [0.15, 0.2) is 0 Å². The fourth-order valence-electron chi connectivity index (χ4n) is 6.07. The third kappa shape index (κ3) is 2.99. The number of anilines is 1. The van der Waals surface area contributed by atoms with Gasteiger partial charge in [-0.05, 0) is 62.8 Å². The Kier molecular flexibility index (Phi) is 4.57. The smallest absolute Gasteiger partial charge is 0.224 e. The molecule has 3 fully saturated rings. The van der Waals surface area contributed by atoms with E-state index >= 15 is 0 Å². The molecule has 2 bridgehead atoms. The Hall–Kier alpha value is -1.42. The number of hydrogen-bond donors (Lipinski definition) is 0. The number of amides is 1. The van der Waals surface area contributed by atoms with Crippen molar-refractivity contribution in [2.75, 3.05) is 18.0 Å². The van der Waals surface area contributed by atoms with Crippen LogP contribution < -0.4 is 4.90 Å². The van der Waals surface area contributed by atoms with Gasteiger partial charge in [0, 0.05) is 31.5 Å². The first kappa shape index (κ1) is 17.0. The van der Waals surface area contributed by atoms with Crippen molar-refractivity contribution in [2.45, 2.75) is 76.4 Å². The van der Waals surface area contributed by atoms with Gasteiger partial charge in [-0.3, -0.25) is 4.79 Å². The van der Waals surface area contributed by atoms with E-state index in [9.17, 15) is 9.18 Å². The molecule has 3 aliphatic rings. The molecule has 0 unspecified atom stereocenters. The second-order valence-corrected chi connectivity index (χ2v) is 8.32. The molecular weight excluding hydrogens is 315 g/mol. The molecule has 3 heterocycles. The zero-order valence-corrected chi connectivity index (χ0v) is 15.3. The minimum Gasteiger partial charge on any atom is -0.319 e. The number of hydrogen-bond acceptors (Lipinski definition) is 1. The van der Waals surface area contributed by atoms with Gasteiger partial charge in [0.2, 0.25) is 5.91 Å². The van der Waals surface area contributed by atoms with E-state index in [2.05, 4.69) is 0 Å². The molecule has 1 amide bonds. The molecule has 1 aromatic carbocycles. The second kappa shape index (κ2) is 6.71. The number of quaternary nitrogens is 1. The molecule has 0 aliphatic carbocycles. The van der Waals surface area contributed by atoms with Crippen LogP contribution in [0.25, 0.3) is 0 Å². The van der Waals surface area contributed by atoms with Gasteiger partial charge in [0.25, 0.3) is 0 Å². The minimum atomic E-state index is -0.249. The molecule has 0 N–H and O–H groups in total. The number of halogens is 1. The first-order valence-corrected chi connectivity index (χ1v) is 10.0. The Morgan fingerprint density at radius 3 is 1.96 bits per heavy atom. The van der Waals surface area contributed by atoms with Crippen molar-refractivity contribution in [3.63, 3.8) is 0 Å². The highest BCUT2D eigenvalue weighted by atomic mass is 19.1. The van der Waals surface area contributed by atoms with Gasteiger partial charge < -0.3 is 9.38 Å². The highest BCUT2D eigenvalue weighted by Gasteiger charge is 2.50. The Balaban J connectivity index is 1.52. The summed E-state index contributed by atoms with van der Waals surface area (Å²) in [6, 6.07) is 8.38. The molecule has 0 aromatic heterocycles. The van der Waals surface area contributed by atoms with E-state index in [1.54, 1.807) is 19.1 Å². The third-order valence-corrected chi connectivity index (χ3v) is 7.17.